The largest absolute Gasteiger partial charge is 0.497 e. The van der Waals surface area contributed by atoms with Crippen LogP contribution in [0.5, 0.6) is 5.75 Å². The second-order valence-electron chi connectivity index (χ2n) is 4.25. The first-order valence-corrected chi connectivity index (χ1v) is 6.96. The number of hydrogen-bond acceptors (Lipinski definition) is 5. The summed E-state index contributed by atoms with van der Waals surface area (Å²) in [6.07, 6.45) is 3.66. The molecular formula is C14H15N3OS. The van der Waals surface area contributed by atoms with Gasteiger partial charge in [-0.05, 0) is 23.8 Å². The van der Waals surface area contributed by atoms with Gasteiger partial charge >= 0.3 is 0 Å². The molecule has 3 rings (SSSR count). The first-order valence-electron chi connectivity index (χ1n) is 6.09. The maximum absolute atomic E-state index is 5.23. The van der Waals surface area contributed by atoms with Crippen LogP contribution in [-0.4, -0.2) is 17.6 Å². The van der Waals surface area contributed by atoms with Crippen molar-refractivity contribution in [3.8, 4) is 5.75 Å². The van der Waals surface area contributed by atoms with Crippen LogP contribution >= 0.6 is 11.8 Å². The van der Waals surface area contributed by atoms with Crippen LogP contribution in [0.25, 0.3) is 0 Å². The highest BCUT2D eigenvalue weighted by Gasteiger charge is 2.21. The van der Waals surface area contributed by atoms with Crippen molar-refractivity contribution >= 4 is 17.4 Å². The summed E-state index contributed by atoms with van der Waals surface area (Å²) < 4.78 is 5.23. The van der Waals surface area contributed by atoms with Gasteiger partial charge in [0, 0.05) is 29.9 Å². The number of ether oxygens (including phenoxy) is 1. The monoisotopic (exact) mass is 273 g/mol. The molecule has 0 fully saturated rings. The zero-order valence-corrected chi connectivity index (χ0v) is 11.4. The predicted octanol–water partition coefficient (Wildman–Crippen LogP) is 2.68. The highest BCUT2D eigenvalue weighted by atomic mass is 32.2. The molecule has 4 nitrogen and oxygen atoms in total. The van der Waals surface area contributed by atoms with Crippen LogP contribution in [0, 0.1) is 0 Å². The molecule has 1 aromatic heterocycles. The van der Waals surface area contributed by atoms with Gasteiger partial charge in [-0.1, -0.05) is 17.8 Å². The van der Waals surface area contributed by atoms with E-state index in [2.05, 4.69) is 27.8 Å². The van der Waals surface area contributed by atoms with Gasteiger partial charge in [-0.15, -0.1) is 0 Å². The fourth-order valence-electron chi connectivity index (χ4n) is 1.96. The van der Waals surface area contributed by atoms with Gasteiger partial charge in [0.1, 0.15) is 11.2 Å². The quantitative estimate of drug-likeness (QED) is 0.897. The maximum atomic E-state index is 5.23. The number of pyridine rings is 1. The Morgan fingerprint density at radius 3 is 3.16 bits per heavy atom. The number of rotatable bonds is 4. The molecule has 0 spiro atoms. The van der Waals surface area contributed by atoms with Crippen LogP contribution in [0.4, 0.5) is 5.69 Å². The lowest BCUT2D eigenvalue weighted by Gasteiger charge is -2.12. The van der Waals surface area contributed by atoms with E-state index < -0.39 is 0 Å². The van der Waals surface area contributed by atoms with Crippen molar-refractivity contribution in [3.63, 3.8) is 0 Å². The van der Waals surface area contributed by atoms with E-state index in [1.165, 1.54) is 10.5 Å². The van der Waals surface area contributed by atoms with Crippen molar-refractivity contribution < 1.29 is 4.74 Å². The molecule has 1 aromatic carbocycles. The fraction of sp³-hybridized carbons (Fsp3) is 0.214. The molecule has 1 unspecified atom stereocenters. The number of fused-ring (bicyclic) bond motifs is 1. The van der Waals surface area contributed by atoms with E-state index >= 15 is 0 Å². The van der Waals surface area contributed by atoms with Gasteiger partial charge in [0.05, 0.1) is 12.8 Å². The van der Waals surface area contributed by atoms with Crippen LogP contribution in [0.15, 0.2) is 47.6 Å². The molecule has 1 aliphatic rings. The molecule has 1 atom stereocenters. The van der Waals surface area contributed by atoms with E-state index in [-0.39, 0.29) is 5.50 Å². The highest BCUT2D eigenvalue weighted by Crippen LogP contribution is 2.39. The number of benzene rings is 1. The Balaban J connectivity index is 1.61. The molecule has 2 aromatic rings. The molecule has 0 amide bonds. The summed E-state index contributed by atoms with van der Waals surface area (Å²) in [5, 5.41) is 6.88. The van der Waals surface area contributed by atoms with Gasteiger partial charge < -0.3 is 10.1 Å². The third kappa shape index (κ3) is 2.83. The lowest BCUT2D eigenvalue weighted by Crippen LogP contribution is -2.29. The van der Waals surface area contributed by atoms with E-state index in [9.17, 15) is 0 Å². The molecule has 1 aliphatic heterocycles. The first kappa shape index (κ1) is 12.3. The van der Waals surface area contributed by atoms with Crippen molar-refractivity contribution in [2.75, 3.05) is 12.4 Å². The summed E-state index contributed by atoms with van der Waals surface area (Å²) in [6.45, 7) is 0.795. The molecule has 0 saturated carbocycles. The molecule has 19 heavy (non-hydrogen) atoms. The fourth-order valence-corrected chi connectivity index (χ4v) is 2.95. The minimum absolute atomic E-state index is 0.183. The SMILES string of the molecule is COc1ccc2c(c1)NC(NCc1cccnc1)S2. The van der Waals surface area contributed by atoms with Gasteiger partial charge in [-0.25, -0.2) is 0 Å². The Morgan fingerprint density at radius 1 is 1.42 bits per heavy atom. The van der Waals surface area contributed by atoms with Crippen molar-refractivity contribution in [1.29, 1.82) is 0 Å². The summed E-state index contributed by atoms with van der Waals surface area (Å²) in [6, 6.07) is 10.1. The Hall–Kier alpha value is -1.72. The average Bonchev–Trinajstić information content (AvgIpc) is 2.88. The van der Waals surface area contributed by atoms with Crippen molar-refractivity contribution in [1.82, 2.24) is 10.3 Å². The van der Waals surface area contributed by atoms with Crippen LogP contribution < -0.4 is 15.4 Å². The van der Waals surface area contributed by atoms with Gasteiger partial charge in [0.25, 0.3) is 0 Å². The van der Waals surface area contributed by atoms with Crippen molar-refractivity contribution in [2.24, 2.45) is 0 Å². The first-order chi connectivity index (χ1) is 9.35. The molecule has 98 valence electrons. The average molecular weight is 273 g/mol. The molecule has 0 bridgehead atoms. The van der Waals surface area contributed by atoms with Crippen LogP contribution in [0.3, 0.4) is 0 Å². The second kappa shape index (κ2) is 5.50. The van der Waals surface area contributed by atoms with E-state index in [0.717, 1.165) is 18.0 Å². The molecule has 2 heterocycles. The van der Waals surface area contributed by atoms with E-state index in [0.29, 0.717) is 0 Å². The lowest BCUT2D eigenvalue weighted by molar-refractivity contribution is 0.414. The van der Waals surface area contributed by atoms with Gasteiger partial charge in [0.2, 0.25) is 0 Å². The standard InChI is InChI=1S/C14H15N3OS/c1-18-11-4-5-13-12(7-11)17-14(19-13)16-9-10-3-2-6-15-8-10/h2-8,14,16-17H,9H2,1H3. The van der Waals surface area contributed by atoms with E-state index in [4.69, 9.17) is 4.74 Å². The molecule has 0 aliphatic carbocycles. The number of thioether (sulfide) groups is 1. The normalized spacial score (nSPS) is 16.8. The Kier molecular flexibility index (Phi) is 3.57. The summed E-state index contributed by atoms with van der Waals surface area (Å²) >= 11 is 1.78. The lowest BCUT2D eigenvalue weighted by atomic mass is 10.3. The number of methoxy groups -OCH3 is 1. The zero-order valence-electron chi connectivity index (χ0n) is 10.6. The summed E-state index contributed by atoms with van der Waals surface area (Å²) in [4.78, 5) is 5.35. The minimum Gasteiger partial charge on any atom is -0.497 e. The maximum Gasteiger partial charge on any atom is 0.130 e. The van der Waals surface area contributed by atoms with E-state index in [1.54, 1.807) is 25.1 Å². The number of aromatic nitrogens is 1. The third-order valence-electron chi connectivity index (χ3n) is 2.93. The second-order valence-corrected chi connectivity index (χ2v) is 5.39. The van der Waals surface area contributed by atoms with Gasteiger partial charge in [-0.3, -0.25) is 10.3 Å². The number of nitrogens with one attached hydrogen (secondary N) is 2. The van der Waals surface area contributed by atoms with Gasteiger partial charge in [0.15, 0.2) is 0 Å². The Labute approximate surface area is 116 Å². The van der Waals surface area contributed by atoms with Gasteiger partial charge in [-0.2, -0.15) is 0 Å². The Bertz CT molecular complexity index is 562. The number of hydrogen-bond donors (Lipinski definition) is 2. The smallest absolute Gasteiger partial charge is 0.130 e. The summed E-state index contributed by atoms with van der Waals surface area (Å²) in [5.41, 5.74) is 2.48. The molecule has 0 radical (unpaired) electrons. The van der Waals surface area contributed by atoms with Crippen molar-refractivity contribution in [3.05, 3.63) is 48.3 Å². The Morgan fingerprint density at radius 2 is 2.37 bits per heavy atom. The highest BCUT2D eigenvalue weighted by molar-refractivity contribution is 8.00. The molecule has 2 N–H and O–H groups in total. The molecule has 0 saturated heterocycles. The summed E-state index contributed by atoms with van der Waals surface area (Å²) in [5.74, 6) is 0.875. The molecule has 5 heteroatoms. The van der Waals surface area contributed by atoms with Crippen molar-refractivity contribution in [2.45, 2.75) is 16.9 Å². The minimum atomic E-state index is 0.183. The summed E-state index contributed by atoms with van der Waals surface area (Å²) in [7, 11) is 1.68. The number of anilines is 1. The number of nitrogens with zero attached hydrogens (tertiary/aromatic N) is 1. The predicted molar refractivity (Wildman–Crippen MR) is 77.3 cm³/mol. The topological polar surface area (TPSA) is 46.2 Å². The van der Waals surface area contributed by atoms with E-state index in [1.807, 2.05) is 24.4 Å². The van der Waals surface area contributed by atoms with Crippen LogP contribution in [0.2, 0.25) is 0 Å². The van der Waals surface area contributed by atoms with Crippen LogP contribution in [0.1, 0.15) is 5.56 Å². The zero-order chi connectivity index (χ0) is 13.1. The molecular weight excluding hydrogens is 258 g/mol. The third-order valence-corrected chi connectivity index (χ3v) is 4.06. The van der Waals surface area contributed by atoms with Crippen LogP contribution in [-0.2, 0) is 6.54 Å².